The normalized spacial score (nSPS) is 12.8. The van der Waals surface area contributed by atoms with E-state index in [1.807, 2.05) is 6.26 Å². The van der Waals surface area contributed by atoms with E-state index in [0.717, 1.165) is 5.58 Å². The second-order valence-electron chi connectivity index (χ2n) is 9.30. The number of benzene rings is 2. The summed E-state index contributed by atoms with van der Waals surface area (Å²) in [5.41, 5.74) is 8.91. The molecule has 0 bridgehead atoms. The number of furan rings is 1. The zero-order chi connectivity index (χ0) is 18.6. The van der Waals surface area contributed by atoms with E-state index in [1.54, 1.807) is 0 Å². The summed E-state index contributed by atoms with van der Waals surface area (Å²) in [4.78, 5) is 0. The Morgan fingerprint density at radius 3 is 2.08 bits per heavy atom. The monoisotopic (exact) mass is 334 g/mol. The molecule has 0 atom stereocenters. The molecule has 0 radical (unpaired) electrons. The Bertz CT molecular complexity index is 927. The first-order valence-electron chi connectivity index (χ1n) is 9.13. The smallest absolute Gasteiger partial charge is 0.138 e. The molecule has 1 aromatic heterocycles. The standard InChI is InChI=1S/C24H30O/c1-15-10-9-11-18(16(15)2)20-14-25-22-19(20)12-17(23(3,4)5)13-21(22)24(6,7)8/h9-14H,1-8H3. The Kier molecular flexibility index (Phi) is 4.10. The van der Waals surface area contributed by atoms with E-state index >= 15 is 0 Å². The fourth-order valence-corrected chi connectivity index (χ4v) is 3.38. The fourth-order valence-electron chi connectivity index (χ4n) is 3.38. The summed E-state index contributed by atoms with van der Waals surface area (Å²) in [6, 6.07) is 11.2. The van der Waals surface area contributed by atoms with Gasteiger partial charge in [0.25, 0.3) is 0 Å². The van der Waals surface area contributed by atoms with Crippen molar-refractivity contribution in [2.45, 2.75) is 66.2 Å². The highest BCUT2D eigenvalue weighted by Gasteiger charge is 2.25. The topological polar surface area (TPSA) is 13.1 Å². The number of rotatable bonds is 1. The summed E-state index contributed by atoms with van der Waals surface area (Å²) in [5, 5.41) is 1.23. The van der Waals surface area contributed by atoms with E-state index in [2.05, 4.69) is 85.7 Å². The van der Waals surface area contributed by atoms with Gasteiger partial charge >= 0.3 is 0 Å². The largest absolute Gasteiger partial charge is 0.463 e. The predicted octanol–water partition coefficient (Wildman–Crippen LogP) is 7.31. The van der Waals surface area contributed by atoms with Gasteiger partial charge in [0.2, 0.25) is 0 Å². The Balaban J connectivity index is 2.39. The van der Waals surface area contributed by atoms with Crippen LogP contribution in [0, 0.1) is 13.8 Å². The maximum absolute atomic E-state index is 6.12. The third-order valence-corrected chi connectivity index (χ3v) is 5.24. The average Bonchev–Trinajstić information content (AvgIpc) is 2.91. The second-order valence-corrected chi connectivity index (χ2v) is 9.30. The number of hydrogen-bond donors (Lipinski definition) is 0. The van der Waals surface area contributed by atoms with Crippen molar-refractivity contribution in [1.29, 1.82) is 0 Å². The molecule has 0 saturated heterocycles. The molecular formula is C24H30O. The minimum absolute atomic E-state index is 0.0380. The third-order valence-electron chi connectivity index (χ3n) is 5.24. The number of fused-ring (bicyclic) bond motifs is 1. The summed E-state index contributed by atoms with van der Waals surface area (Å²) >= 11 is 0. The minimum atomic E-state index is 0.0380. The lowest BCUT2D eigenvalue weighted by atomic mass is 9.79. The van der Waals surface area contributed by atoms with Crippen LogP contribution in [-0.4, -0.2) is 0 Å². The van der Waals surface area contributed by atoms with Crippen molar-refractivity contribution in [3.05, 3.63) is 58.8 Å². The molecule has 25 heavy (non-hydrogen) atoms. The Morgan fingerprint density at radius 1 is 0.800 bits per heavy atom. The highest BCUT2D eigenvalue weighted by atomic mass is 16.3. The second kappa shape index (κ2) is 5.76. The summed E-state index contributed by atoms with van der Waals surface area (Å²) in [6.45, 7) is 18.0. The van der Waals surface area contributed by atoms with Crippen molar-refractivity contribution in [2.24, 2.45) is 0 Å². The molecule has 0 saturated carbocycles. The first-order valence-corrected chi connectivity index (χ1v) is 9.13. The van der Waals surface area contributed by atoms with E-state index in [9.17, 15) is 0 Å². The van der Waals surface area contributed by atoms with Gasteiger partial charge in [-0.15, -0.1) is 0 Å². The van der Waals surface area contributed by atoms with Crippen molar-refractivity contribution >= 4 is 11.0 Å². The predicted molar refractivity (Wildman–Crippen MR) is 109 cm³/mol. The van der Waals surface area contributed by atoms with Crippen LogP contribution >= 0.6 is 0 Å². The van der Waals surface area contributed by atoms with Crippen molar-refractivity contribution in [2.75, 3.05) is 0 Å². The molecule has 0 aliphatic heterocycles. The molecular weight excluding hydrogens is 304 g/mol. The van der Waals surface area contributed by atoms with Gasteiger partial charge in [-0.3, -0.25) is 0 Å². The molecule has 132 valence electrons. The maximum atomic E-state index is 6.12. The molecule has 0 spiro atoms. The van der Waals surface area contributed by atoms with Gasteiger partial charge in [0.15, 0.2) is 0 Å². The van der Waals surface area contributed by atoms with Crippen molar-refractivity contribution in [3.63, 3.8) is 0 Å². The van der Waals surface area contributed by atoms with Crippen LogP contribution in [0.3, 0.4) is 0 Å². The van der Waals surface area contributed by atoms with Crippen LogP contribution in [0.15, 0.2) is 41.0 Å². The quantitative estimate of drug-likeness (QED) is 0.454. The van der Waals surface area contributed by atoms with Gasteiger partial charge in [0.05, 0.1) is 6.26 Å². The molecule has 2 aromatic carbocycles. The number of aryl methyl sites for hydroxylation is 1. The van der Waals surface area contributed by atoms with Crippen LogP contribution in [0.4, 0.5) is 0 Å². The number of hydrogen-bond acceptors (Lipinski definition) is 1. The van der Waals surface area contributed by atoms with Crippen LogP contribution in [-0.2, 0) is 10.8 Å². The van der Waals surface area contributed by atoms with Crippen LogP contribution < -0.4 is 0 Å². The maximum Gasteiger partial charge on any atom is 0.138 e. The van der Waals surface area contributed by atoms with Crippen LogP contribution in [0.1, 0.15) is 63.8 Å². The van der Waals surface area contributed by atoms with Gasteiger partial charge in [0.1, 0.15) is 5.58 Å². The van der Waals surface area contributed by atoms with Crippen molar-refractivity contribution in [3.8, 4) is 11.1 Å². The van der Waals surface area contributed by atoms with Gasteiger partial charge in [-0.2, -0.15) is 0 Å². The highest BCUT2D eigenvalue weighted by molar-refractivity contribution is 5.97. The molecule has 0 aliphatic rings. The molecule has 3 aromatic rings. The van der Waals surface area contributed by atoms with Gasteiger partial charge in [-0.05, 0) is 53.0 Å². The molecule has 0 N–H and O–H groups in total. The summed E-state index contributed by atoms with van der Waals surface area (Å²) in [5.74, 6) is 0. The lowest BCUT2D eigenvalue weighted by Gasteiger charge is -2.25. The Morgan fingerprint density at radius 2 is 1.48 bits per heavy atom. The zero-order valence-electron chi connectivity index (χ0n) is 16.9. The molecule has 0 amide bonds. The SMILES string of the molecule is Cc1cccc(-c2coc3c(C(C)(C)C)cc(C(C)(C)C)cc23)c1C. The summed E-state index contributed by atoms with van der Waals surface area (Å²) < 4.78 is 6.12. The Hall–Kier alpha value is -2.02. The van der Waals surface area contributed by atoms with Crippen LogP contribution in [0.25, 0.3) is 22.1 Å². The molecule has 3 rings (SSSR count). The molecule has 1 heteroatoms. The van der Waals surface area contributed by atoms with Gasteiger partial charge in [-0.25, -0.2) is 0 Å². The van der Waals surface area contributed by atoms with Gasteiger partial charge < -0.3 is 4.42 Å². The summed E-state index contributed by atoms with van der Waals surface area (Å²) in [6.07, 6.45) is 1.94. The minimum Gasteiger partial charge on any atom is -0.463 e. The molecule has 0 unspecified atom stereocenters. The third kappa shape index (κ3) is 3.13. The van der Waals surface area contributed by atoms with Gasteiger partial charge in [-0.1, -0.05) is 65.8 Å². The first-order chi connectivity index (χ1) is 11.5. The van der Waals surface area contributed by atoms with Crippen LogP contribution in [0.2, 0.25) is 0 Å². The lowest BCUT2D eigenvalue weighted by molar-refractivity contribution is 0.550. The molecule has 1 heterocycles. The summed E-state index contributed by atoms with van der Waals surface area (Å²) in [7, 11) is 0. The van der Waals surface area contributed by atoms with Crippen LogP contribution in [0.5, 0.6) is 0 Å². The van der Waals surface area contributed by atoms with E-state index in [0.29, 0.717) is 0 Å². The van der Waals surface area contributed by atoms with E-state index in [1.165, 1.54) is 38.8 Å². The average molecular weight is 335 g/mol. The molecule has 1 nitrogen and oxygen atoms in total. The highest BCUT2D eigenvalue weighted by Crippen LogP contribution is 2.41. The fraction of sp³-hybridized carbons (Fsp3) is 0.417. The van der Waals surface area contributed by atoms with Gasteiger partial charge in [0, 0.05) is 16.5 Å². The Labute approximate surface area is 152 Å². The van der Waals surface area contributed by atoms with Crippen molar-refractivity contribution in [1.82, 2.24) is 0 Å². The molecule has 0 aliphatic carbocycles. The first kappa shape index (κ1) is 17.8. The molecule has 0 fully saturated rings. The van der Waals surface area contributed by atoms with Crippen molar-refractivity contribution < 1.29 is 4.42 Å². The van der Waals surface area contributed by atoms with E-state index in [-0.39, 0.29) is 10.8 Å². The van der Waals surface area contributed by atoms with E-state index in [4.69, 9.17) is 4.42 Å². The zero-order valence-corrected chi connectivity index (χ0v) is 16.9. The lowest BCUT2D eigenvalue weighted by Crippen LogP contribution is -2.16. The van der Waals surface area contributed by atoms with E-state index < -0.39 is 0 Å².